The Bertz CT molecular complexity index is 264. The van der Waals surface area contributed by atoms with Crippen molar-refractivity contribution in [3.05, 3.63) is 0 Å². The van der Waals surface area contributed by atoms with Crippen LogP contribution in [0.4, 0.5) is 0 Å². The van der Waals surface area contributed by atoms with Crippen molar-refractivity contribution < 1.29 is 0 Å². The number of nitrogens with one attached hydrogen (secondary N) is 1. The fourth-order valence-electron chi connectivity index (χ4n) is 3.71. The molecule has 0 aromatic rings. The minimum atomic E-state index is 0.445. The molecule has 3 N–H and O–H groups in total. The molecule has 3 aliphatic rings. The van der Waals surface area contributed by atoms with Gasteiger partial charge in [-0.1, -0.05) is 19.3 Å². The average molecular weight is 251 g/mol. The van der Waals surface area contributed by atoms with Crippen LogP contribution in [-0.2, 0) is 0 Å². The maximum absolute atomic E-state index is 6.30. The van der Waals surface area contributed by atoms with E-state index in [1.807, 2.05) is 0 Å². The molecule has 0 radical (unpaired) electrons. The second-order valence-corrected chi connectivity index (χ2v) is 6.68. The number of nitrogens with zero attached hydrogens (tertiary/aromatic N) is 1. The second-order valence-electron chi connectivity index (χ2n) is 6.68. The first kappa shape index (κ1) is 12.9. The Morgan fingerprint density at radius 3 is 2.67 bits per heavy atom. The lowest BCUT2D eigenvalue weighted by atomic mass is 9.95. The van der Waals surface area contributed by atoms with Gasteiger partial charge in [-0.25, -0.2) is 0 Å². The normalized spacial score (nSPS) is 38.8. The summed E-state index contributed by atoms with van der Waals surface area (Å²) in [5.41, 5.74) is 6.30. The minimum Gasteiger partial charge on any atom is -0.327 e. The molecule has 0 aromatic heterocycles. The highest BCUT2D eigenvalue weighted by atomic mass is 15.2. The van der Waals surface area contributed by atoms with E-state index in [9.17, 15) is 0 Å². The molecule has 3 nitrogen and oxygen atoms in total. The monoisotopic (exact) mass is 251 g/mol. The highest BCUT2D eigenvalue weighted by Crippen LogP contribution is 2.30. The second kappa shape index (κ2) is 5.89. The molecule has 3 heteroatoms. The van der Waals surface area contributed by atoms with Crippen LogP contribution in [0.3, 0.4) is 0 Å². The third-order valence-electron chi connectivity index (χ3n) is 5.17. The molecule has 3 rings (SSSR count). The Morgan fingerprint density at radius 1 is 1.00 bits per heavy atom. The van der Waals surface area contributed by atoms with E-state index in [1.54, 1.807) is 0 Å². The smallest absolute Gasteiger partial charge is 0.0207 e. The van der Waals surface area contributed by atoms with E-state index >= 15 is 0 Å². The predicted octanol–water partition coefficient (Wildman–Crippen LogP) is 1.72. The van der Waals surface area contributed by atoms with Gasteiger partial charge in [0.25, 0.3) is 0 Å². The number of nitrogens with two attached hydrogens (primary N) is 1. The van der Waals surface area contributed by atoms with Gasteiger partial charge in [0.05, 0.1) is 0 Å². The van der Waals surface area contributed by atoms with Crippen LogP contribution in [0.15, 0.2) is 0 Å². The molecule has 104 valence electrons. The van der Waals surface area contributed by atoms with Crippen molar-refractivity contribution >= 4 is 0 Å². The molecule has 2 aliphatic carbocycles. The highest BCUT2D eigenvalue weighted by Gasteiger charge is 2.34. The molecule has 18 heavy (non-hydrogen) atoms. The Kier molecular flexibility index (Phi) is 4.22. The van der Waals surface area contributed by atoms with Crippen LogP contribution in [0.25, 0.3) is 0 Å². The Balaban J connectivity index is 1.40. The third kappa shape index (κ3) is 3.25. The van der Waals surface area contributed by atoms with Gasteiger partial charge < -0.3 is 11.1 Å². The summed E-state index contributed by atoms with van der Waals surface area (Å²) in [5.74, 6) is 0.725. The Hall–Kier alpha value is -0.120. The molecule has 0 amide bonds. The fraction of sp³-hybridized carbons (Fsp3) is 1.00. The summed E-state index contributed by atoms with van der Waals surface area (Å²) in [7, 11) is 0. The van der Waals surface area contributed by atoms with Crippen molar-refractivity contribution in [3.8, 4) is 0 Å². The molecule has 1 heterocycles. The summed E-state index contributed by atoms with van der Waals surface area (Å²) in [6, 6.07) is 2.12. The van der Waals surface area contributed by atoms with Gasteiger partial charge in [0.2, 0.25) is 0 Å². The fourth-order valence-corrected chi connectivity index (χ4v) is 3.71. The van der Waals surface area contributed by atoms with Crippen molar-refractivity contribution in [1.29, 1.82) is 0 Å². The maximum atomic E-state index is 6.30. The lowest BCUT2D eigenvalue weighted by Crippen LogP contribution is -2.41. The van der Waals surface area contributed by atoms with Crippen molar-refractivity contribution in [2.75, 3.05) is 19.6 Å². The number of hydrogen-bond acceptors (Lipinski definition) is 3. The molecule has 0 spiro atoms. The van der Waals surface area contributed by atoms with E-state index in [4.69, 9.17) is 5.73 Å². The van der Waals surface area contributed by atoms with Gasteiger partial charge >= 0.3 is 0 Å². The summed E-state index contributed by atoms with van der Waals surface area (Å²) >= 11 is 0. The van der Waals surface area contributed by atoms with E-state index in [0.29, 0.717) is 6.04 Å². The average Bonchev–Trinajstić information content (AvgIpc) is 3.15. The first-order valence-electron chi connectivity index (χ1n) is 8.06. The topological polar surface area (TPSA) is 41.3 Å². The third-order valence-corrected chi connectivity index (χ3v) is 5.17. The lowest BCUT2D eigenvalue weighted by Gasteiger charge is -2.24. The largest absolute Gasteiger partial charge is 0.327 e. The summed E-state index contributed by atoms with van der Waals surface area (Å²) in [6.07, 6.45) is 10.9. The van der Waals surface area contributed by atoms with Crippen LogP contribution in [0.2, 0.25) is 0 Å². The first-order valence-corrected chi connectivity index (χ1v) is 8.06. The van der Waals surface area contributed by atoms with Crippen molar-refractivity contribution in [2.24, 2.45) is 11.7 Å². The Morgan fingerprint density at radius 2 is 1.83 bits per heavy atom. The van der Waals surface area contributed by atoms with E-state index in [1.165, 1.54) is 64.5 Å². The molecule has 0 bridgehead atoms. The molecule has 1 aliphatic heterocycles. The number of rotatable bonds is 4. The molecule has 1 saturated heterocycles. The zero-order valence-electron chi connectivity index (χ0n) is 11.6. The highest BCUT2D eigenvalue weighted by molar-refractivity contribution is 4.92. The zero-order chi connectivity index (χ0) is 12.4. The van der Waals surface area contributed by atoms with Crippen LogP contribution in [0.1, 0.15) is 51.4 Å². The van der Waals surface area contributed by atoms with Gasteiger partial charge in [-0.15, -0.1) is 0 Å². The van der Waals surface area contributed by atoms with Gasteiger partial charge in [0.1, 0.15) is 0 Å². The maximum Gasteiger partial charge on any atom is 0.0207 e. The molecular weight excluding hydrogens is 222 g/mol. The lowest BCUT2D eigenvalue weighted by molar-refractivity contribution is 0.307. The summed E-state index contributed by atoms with van der Waals surface area (Å²) in [5, 5.41) is 3.80. The van der Waals surface area contributed by atoms with E-state index in [-0.39, 0.29) is 0 Å². The number of likely N-dealkylation sites (tertiary alicyclic amines) is 1. The summed E-state index contributed by atoms with van der Waals surface area (Å²) in [4.78, 5) is 2.69. The van der Waals surface area contributed by atoms with Crippen LogP contribution in [-0.4, -0.2) is 42.7 Å². The first-order chi connectivity index (χ1) is 8.83. The standard InChI is InChI=1S/C15H29N3/c16-15-5-3-1-2-4-12(15)10-17-13-8-9-18(11-13)14-6-7-14/h12-15,17H,1-11,16H2. The quantitative estimate of drug-likeness (QED) is 0.748. The predicted molar refractivity (Wildman–Crippen MR) is 75.6 cm³/mol. The molecule has 0 aromatic carbocycles. The van der Waals surface area contributed by atoms with Gasteiger partial charge in [0, 0.05) is 31.2 Å². The SMILES string of the molecule is NC1CCCCCC1CNC1CCN(C2CC2)C1. The van der Waals surface area contributed by atoms with Gasteiger partial charge in [0.15, 0.2) is 0 Å². The van der Waals surface area contributed by atoms with E-state index < -0.39 is 0 Å². The summed E-state index contributed by atoms with van der Waals surface area (Å²) < 4.78 is 0. The van der Waals surface area contributed by atoms with Crippen LogP contribution in [0.5, 0.6) is 0 Å². The van der Waals surface area contributed by atoms with Crippen molar-refractivity contribution in [2.45, 2.75) is 69.5 Å². The van der Waals surface area contributed by atoms with Crippen LogP contribution in [0, 0.1) is 5.92 Å². The van der Waals surface area contributed by atoms with Crippen LogP contribution < -0.4 is 11.1 Å². The molecular formula is C15H29N3. The van der Waals surface area contributed by atoms with Crippen molar-refractivity contribution in [1.82, 2.24) is 10.2 Å². The number of hydrogen-bond donors (Lipinski definition) is 2. The van der Waals surface area contributed by atoms with E-state index in [0.717, 1.165) is 24.5 Å². The zero-order valence-corrected chi connectivity index (χ0v) is 11.6. The van der Waals surface area contributed by atoms with Gasteiger partial charge in [-0.05, 0) is 44.6 Å². The molecule has 3 unspecified atom stereocenters. The van der Waals surface area contributed by atoms with Crippen molar-refractivity contribution in [3.63, 3.8) is 0 Å². The summed E-state index contributed by atoms with van der Waals surface area (Å²) in [6.45, 7) is 3.76. The molecule has 2 saturated carbocycles. The Labute approximate surface area is 111 Å². The minimum absolute atomic E-state index is 0.445. The molecule has 3 fully saturated rings. The molecule has 3 atom stereocenters. The van der Waals surface area contributed by atoms with Gasteiger partial charge in [-0.2, -0.15) is 0 Å². The van der Waals surface area contributed by atoms with Gasteiger partial charge in [-0.3, -0.25) is 4.90 Å². The van der Waals surface area contributed by atoms with E-state index in [2.05, 4.69) is 10.2 Å². The van der Waals surface area contributed by atoms with Crippen LogP contribution >= 0.6 is 0 Å².